The van der Waals surface area contributed by atoms with Gasteiger partial charge in [0.1, 0.15) is 28.2 Å². The number of hydrogen-bond donors (Lipinski definition) is 0. The Morgan fingerprint density at radius 2 is 0.836 bits per heavy atom. The fraction of sp³-hybridized carbons (Fsp3) is 0.302. The summed E-state index contributed by atoms with van der Waals surface area (Å²) in [5, 5.41) is 0. The van der Waals surface area contributed by atoms with Crippen LogP contribution in [0.3, 0.4) is 0 Å². The molecule has 0 aliphatic carbocycles. The van der Waals surface area contributed by atoms with Gasteiger partial charge in [0.2, 0.25) is 22.8 Å². The van der Waals surface area contributed by atoms with E-state index in [1.807, 2.05) is 189 Å². The fourth-order valence-electron chi connectivity index (χ4n) is 7.88. The predicted octanol–water partition coefficient (Wildman–Crippen LogP) is 13.4. The van der Waals surface area contributed by atoms with E-state index in [0.717, 1.165) is 45.0 Å². The van der Waals surface area contributed by atoms with Crippen molar-refractivity contribution in [3.63, 3.8) is 0 Å². The molecule has 4 aromatic heterocycles. The van der Waals surface area contributed by atoms with Crippen molar-refractivity contribution < 1.29 is 32.0 Å². The first-order chi connectivity index (χ1) is 35.8. The first-order valence-corrected chi connectivity index (χ1v) is 23.0. The zero-order valence-electron chi connectivity index (χ0n) is 52.0. The van der Waals surface area contributed by atoms with Crippen molar-refractivity contribution in [3.8, 4) is 45.0 Å². The fourth-order valence-corrected chi connectivity index (χ4v) is 7.88. The molecule has 4 nitrogen and oxygen atoms in total. The van der Waals surface area contributed by atoms with Crippen LogP contribution in [0.15, 0.2) is 170 Å². The van der Waals surface area contributed by atoms with Crippen molar-refractivity contribution in [1.29, 1.82) is 0 Å². The van der Waals surface area contributed by atoms with Crippen LogP contribution in [-0.2, 0) is 47.3 Å². The molecule has 1 atom stereocenters. The summed E-state index contributed by atoms with van der Waals surface area (Å²) in [6.45, 7) is 14.4. The minimum Gasteiger partial charge on any atom is -0.201 e. The highest BCUT2D eigenvalue weighted by Gasteiger charge is 2.16. The molecule has 0 fully saturated rings. The minimum atomic E-state index is -2.36. The largest absolute Gasteiger partial charge is 0.212 e. The van der Waals surface area contributed by atoms with Gasteiger partial charge in [-0.2, -0.15) is 0 Å². The lowest BCUT2D eigenvalue weighted by molar-refractivity contribution is -0.661. The van der Waals surface area contributed by atoms with Crippen LogP contribution in [0.4, 0.5) is 0 Å². The quantitative estimate of drug-likeness (QED) is 0.128. The van der Waals surface area contributed by atoms with Crippen molar-refractivity contribution in [1.82, 2.24) is 0 Å². The van der Waals surface area contributed by atoms with E-state index in [1.54, 1.807) is 26.1 Å². The molecule has 4 heterocycles. The Bertz CT molecular complexity index is 3300. The van der Waals surface area contributed by atoms with Crippen molar-refractivity contribution >= 4 is 0 Å². The minimum absolute atomic E-state index is 0.0492. The van der Waals surface area contributed by atoms with E-state index in [9.17, 15) is 0 Å². The van der Waals surface area contributed by atoms with Crippen LogP contribution in [0, 0.1) is 33.6 Å². The second-order valence-corrected chi connectivity index (χ2v) is 17.3. The summed E-state index contributed by atoms with van der Waals surface area (Å²) in [4.78, 5) is 0. The Kier molecular flexibility index (Phi) is 14.3. The van der Waals surface area contributed by atoms with Crippen LogP contribution < -0.4 is 18.3 Å². The van der Waals surface area contributed by atoms with Crippen molar-refractivity contribution in [2.24, 2.45) is 34.1 Å². The van der Waals surface area contributed by atoms with E-state index >= 15 is 0 Å². The molecule has 4 aromatic carbocycles. The molecule has 8 aromatic rings. The molecule has 0 bridgehead atoms. The van der Waals surface area contributed by atoms with Crippen molar-refractivity contribution in [2.75, 3.05) is 0 Å². The first kappa shape index (κ1) is 38.6. The van der Waals surface area contributed by atoms with Gasteiger partial charge in [0, 0.05) is 83.0 Å². The second kappa shape index (κ2) is 24.8. The Labute approximate surface area is 419 Å². The van der Waals surface area contributed by atoms with Crippen LogP contribution in [0.25, 0.3) is 45.0 Å². The van der Waals surface area contributed by atoms with Crippen LogP contribution in [0.2, 0.25) is 0 Å². The maximum absolute atomic E-state index is 8.19. The monoisotopic (exact) mass is 901 g/mol. The van der Waals surface area contributed by atoms with E-state index in [4.69, 9.17) is 13.7 Å². The summed E-state index contributed by atoms with van der Waals surface area (Å²) in [6.07, 6.45) is 3.50. The third-order valence-corrected chi connectivity index (χ3v) is 11.7. The molecule has 0 saturated heterocycles. The molecule has 346 valence electrons. The van der Waals surface area contributed by atoms with Crippen molar-refractivity contribution in [2.45, 2.75) is 94.2 Å². The summed E-state index contributed by atoms with van der Waals surface area (Å²) in [5.74, 6) is -1.67. The van der Waals surface area contributed by atoms with Gasteiger partial charge in [0.05, 0.1) is 0 Å². The van der Waals surface area contributed by atoms with E-state index in [0.29, 0.717) is 16.7 Å². The smallest absolute Gasteiger partial charge is 0.201 e. The van der Waals surface area contributed by atoms with Gasteiger partial charge in [0.15, 0.2) is 24.8 Å². The standard InChI is InChI=1S/C17H22N.C16H20N.2C15H18N/c1-13(2)11-15-9-10-17(18(4)12-15)16-8-6-5-7-14(16)3;1-12(2)14-9-10-16(17(4)11-14)15-8-6-5-7-13(15)3;1-4-13-9-10-16(3)15(11-13)14-8-6-5-7-12(14)2;1-4-13-9-10-15(16(3)11-13)14-8-6-5-7-12(14)2/h5-10,12-13H,11H2,1-4H3;5-12H,1-4H3;2*5-11H,4H2,1-3H3/q4*+1/i11D2;1D3,12D;2*4D2. The third kappa shape index (κ3) is 14.2. The average molecular weight is 901 g/mol. The summed E-state index contributed by atoms with van der Waals surface area (Å²) < 4.78 is 86.1. The maximum Gasteiger partial charge on any atom is 0.212 e. The molecular formula is C63H78N4+4. The zero-order chi connectivity index (χ0) is 57.4. The molecule has 0 radical (unpaired) electrons. The molecule has 0 N–H and O–H groups in total. The van der Waals surface area contributed by atoms with Crippen LogP contribution >= 0.6 is 0 Å². The Morgan fingerprint density at radius 1 is 0.448 bits per heavy atom. The van der Waals surface area contributed by atoms with Crippen LogP contribution in [0.5, 0.6) is 0 Å². The molecule has 8 rings (SSSR count). The van der Waals surface area contributed by atoms with Gasteiger partial charge in [-0.15, -0.1) is 0 Å². The molecule has 0 aliphatic heterocycles. The van der Waals surface area contributed by atoms with Gasteiger partial charge < -0.3 is 0 Å². The summed E-state index contributed by atoms with van der Waals surface area (Å²) in [7, 11) is 7.79. The maximum atomic E-state index is 8.19. The summed E-state index contributed by atoms with van der Waals surface area (Å²) in [5.41, 5.74) is 16.3. The number of hydrogen-bond acceptors (Lipinski definition) is 0. The van der Waals surface area contributed by atoms with E-state index in [-0.39, 0.29) is 5.92 Å². The Hall–Kier alpha value is -6.52. The van der Waals surface area contributed by atoms with Gasteiger partial charge in [-0.3, -0.25) is 0 Å². The lowest BCUT2D eigenvalue weighted by atomic mass is 10.0. The Balaban J connectivity index is 0.000000190. The number of aryl methyl sites for hydroxylation is 10. The zero-order valence-corrected chi connectivity index (χ0v) is 42.0. The summed E-state index contributed by atoms with van der Waals surface area (Å²) >= 11 is 0. The highest BCUT2D eigenvalue weighted by atomic mass is 14.9. The molecule has 0 spiro atoms. The average Bonchev–Trinajstić information content (AvgIpc) is 3.35. The van der Waals surface area contributed by atoms with E-state index in [1.165, 1.54) is 34.7 Å². The van der Waals surface area contributed by atoms with E-state index < -0.39 is 31.9 Å². The number of pyridine rings is 4. The Morgan fingerprint density at radius 3 is 1.22 bits per heavy atom. The van der Waals surface area contributed by atoms with Crippen LogP contribution in [0.1, 0.15) is 106 Å². The normalized spacial score (nSPS) is 14.6. The number of benzene rings is 4. The first-order valence-electron chi connectivity index (χ1n) is 28.0. The highest BCUT2D eigenvalue weighted by molar-refractivity contribution is 5.63. The van der Waals surface area contributed by atoms with Crippen LogP contribution in [-0.4, -0.2) is 0 Å². The van der Waals surface area contributed by atoms with Gasteiger partial charge >= 0.3 is 0 Å². The van der Waals surface area contributed by atoms with Gasteiger partial charge in [0.25, 0.3) is 0 Å². The van der Waals surface area contributed by atoms with Gasteiger partial charge in [-0.25, -0.2) is 18.3 Å². The second-order valence-electron chi connectivity index (χ2n) is 17.3. The lowest BCUT2D eigenvalue weighted by Crippen LogP contribution is -2.31. The molecule has 1 unspecified atom stereocenters. The predicted molar refractivity (Wildman–Crippen MR) is 283 cm³/mol. The number of nitrogens with zero attached hydrogens (tertiary/aromatic N) is 4. The van der Waals surface area contributed by atoms with E-state index in [2.05, 4.69) is 57.2 Å². The highest BCUT2D eigenvalue weighted by Crippen LogP contribution is 2.24. The molecule has 67 heavy (non-hydrogen) atoms. The summed E-state index contributed by atoms with van der Waals surface area (Å²) in [6, 6.07) is 47.8. The SMILES string of the molecule is [2H]C([2H])(C)c1cc[n+](C)c(-c2ccccc2C)c1.[2H]C([2H])(C)c1ccc(-c2ccccc2C)[n+](C)c1.[2H]C([2H])([2H])C([2H])(C)c1ccc(-c2ccccc2C)[n+](C)c1.[2H]C([2H])(c1ccc(-c2ccccc2C)[n+](C)c1)C(C)C. The lowest BCUT2D eigenvalue weighted by Gasteiger charge is -2.07. The number of rotatable bonds is 9. The molecular weight excluding hydrogens is 813 g/mol. The number of aromatic nitrogens is 4. The molecule has 0 amide bonds. The molecule has 0 saturated carbocycles. The molecule has 0 aliphatic rings. The topological polar surface area (TPSA) is 15.5 Å². The van der Waals surface area contributed by atoms with Gasteiger partial charge in [-0.1, -0.05) is 114 Å². The van der Waals surface area contributed by atoms with Crippen molar-refractivity contribution in [3.05, 3.63) is 215 Å². The van der Waals surface area contributed by atoms with Gasteiger partial charge in [-0.05, 0) is 129 Å². The third-order valence-electron chi connectivity index (χ3n) is 11.7. The molecule has 4 heteroatoms.